The van der Waals surface area contributed by atoms with Crippen LogP contribution in [0, 0.1) is 5.92 Å². The van der Waals surface area contributed by atoms with Gasteiger partial charge in [0.2, 0.25) is 5.92 Å². The van der Waals surface area contributed by atoms with E-state index in [0.717, 1.165) is 4.90 Å². The van der Waals surface area contributed by atoms with Crippen molar-refractivity contribution in [2.75, 3.05) is 19.6 Å². The van der Waals surface area contributed by atoms with Gasteiger partial charge < -0.3 is 4.98 Å². The van der Waals surface area contributed by atoms with Crippen LogP contribution in [-0.4, -0.2) is 62.1 Å². The summed E-state index contributed by atoms with van der Waals surface area (Å²) in [5.74, 6) is -10.9. The van der Waals surface area contributed by atoms with Crippen LogP contribution in [-0.2, 0) is 0 Å². The van der Waals surface area contributed by atoms with Gasteiger partial charge in [-0.05, 0) is 31.6 Å². The fraction of sp³-hybridized carbons (Fsp3) is 0.750. The minimum absolute atomic E-state index is 0.0641. The maximum Gasteiger partial charge on any atom is 0.323 e. The van der Waals surface area contributed by atoms with Gasteiger partial charge in [-0.2, -0.15) is 22.7 Å². The molecule has 1 saturated heterocycles. The van der Waals surface area contributed by atoms with Crippen molar-refractivity contribution in [3.05, 3.63) is 22.4 Å². The molecule has 1 N–H and O–H groups in total. The van der Waals surface area contributed by atoms with Crippen LogP contribution in [0.25, 0.3) is 11.0 Å². The van der Waals surface area contributed by atoms with E-state index in [9.17, 15) is 31.1 Å². The number of nitrogens with zero attached hydrogens (tertiary/aromatic N) is 4. The Bertz CT molecular complexity index is 1060. The second-order valence-electron chi connectivity index (χ2n) is 9.39. The zero-order valence-electron chi connectivity index (χ0n) is 17.1. The summed E-state index contributed by atoms with van der Waals surface area (Å²) in [6.07, 6.45) is 2.58. The molecule has 3 fully saturated rings. The molecule has 0 amide bonds. The van der Waals surface area contributed by atoms with E-state index in [1.807, 2.05) is 0 Å². The Morgan fingerprint density at radius 2 is 1.66 bits per heavy atom. The first-order valence-electron chi connectivity index (χ1n) is 10.8. The summed E-state index contributed by atoms with van der Waals surface area (Å²) < 4.78 is 82.7. The highest BCUT2D eigenvalue weighted by Crippen LogP contribution is 2.46. The van der Waals surface area contributed by atoms with Gasteiger partial charge in [-0.1, -0.05) is 0 Å². The van der Waals surface area contributed by atoms with E-state index >= 15 is 0 Å². The number of likely N-dealkylation sites (tertiary alicyclic amines) is 1. The van der Waals surface area contributed by atoms with E-state index < -0.39 is 36.4 Å². The molecule has 0 aromatic carbocycles. The van der Waals surface area contributed by atoms with Crippen LogP contribution in [0.15, 0.2) is 11.0 Å². The monoisotopic (exact) mass is 463 g/mol. The van der Waals surface area contributed by atoms with Gasteiger partial charge >= 0.3 is 11.8 Å². The molecule has 0 spiro atoms. The molecule has 32 heavy (non-hydrogen) atoms. The van der Waals surface area contributed by atoms with Crippen LogP contribution in [0.2, 0.25) is 0 Å². The van der Waals surface area contributed by atoms with Crippen LogP contribution in [0.3, 0.4) is 0 Å². The molecule has 2 aromatic heterocycles. The number of hydrogen-bond acceptors (Lipinski definition) is 4. The number of aromatic nitrogens is 4. The number of alkyl halides is 6. The number of fused-ring (bicyclic) bond motifs is 1. The predicted octanol–water partition coefficient (Wildman–Crippen LogP) is 3.95. The van der Waals surface area contributed by atoms with Gasteiger partial charge in [-0.15, -0.1) is 0 Å². The van der Waals surface area contributed by atoms with Crippen molar-refractivity contribution in [2.24, 2.45) is 5.92 Å². The van der Waals surface area contributed by atoms with Crippen molar-refractivity contribution in [1.29, 1.82) is 0 Å². The minimum atomic E-state index is -4.05. The van der Waals surface area contributed by atoms with Crippen LogP contribution >= 0.6 is 0 Å². The Morgan fingerprint density at radius 1 is 1.00 bits per heavy atom. The van der Waals surface area contributed by atoms with Crippen LogP contribution < -0.4 is 5.56 Å². The van der Waals surface area contributed by atoms with Crippen molar-refractivity contribution in [1.82, 2.24) is 24.6 Å². The molecule has 0 radical (unpaired) electrons. The van der Waals surface area contributed by atoms with E-state index in [-0.39, 0.29) is 55.5 Å². The van der Waals surface area contributed by atoms with E-state index in [2.05, 4.69) is 15.1 Å². The molecule has 5 rings (SSSR count). The van der Waals surface area contributed by atoms with Crippen LogP contribution in [0.1, 0.15) is 56.3 Å². The second-order valence-corrected chi connectivity index (χ2v) is 9.39. The Balaban J connectivity index is 1.36. The molecule has 2 saturated carbocycles. The highest BCUT2D eigenvalue weighted by atomic mass is 19.3. The molecule has 176 valence electrons. The molecule has 6 nitrogen and oxygen atoms in total. The maximum atomic E-state index is 13.5. The van der Waals surface area contributed by atoms with Crippen LogP contribution in [0.4, 0.5) is 26.3 Å². The van der Waals surface area contributed by atoms with Gasteiger partial charge in [0.25, 0.3) is 5.56 Å². The zero-order valence-corrected chi connectivity index (χ0v) is 17.1. The SMILES string of the molecule is O=c1[nH]c(C2CCC2CN2CC(F)(F)C(F)(F)C2)nc2c1cnn2C1CCC(F)(F)CC1. The molecule has 3 heterocycles. The summed E-state index contributed by atoms with van der Waals surface area (Å²) in [5.41, 5.74) is -0.105. The van der Waals surface area contributed by atoms with Gasteiger partial charge in [0.15, 0.2) is 5.65 Å². The van der Waals surface area contributed by atoms with Crippen LogP contribution in [0.5, 0.6) is 0 Å². The lowest BCUT2D eigenvalue weighted by atomic mass is 9.73. The number of rotatable bonds is 4. The number of aromatic amines is 1. The molecule has 2 unspecified atom stereocenters. The first kappa shape index (κ1) is 21.7. The fourth-order valence-electron chi connectivity index (χ4n) is 5.12. The Labute approximate surface area is 179 Å². The number of H-pyrrole nitrogens is 1. The topological polar surface area (TPSA) is 66.8 Å². The van der Waals surface area contributed by atoms with Crippen molar-refractivity contribution in [3.63, 3.8) is 0 Å². The van der Waals surface area contributed by atoms with Crippen molar-refractivity contribution in [2.45, 2.75) is 68.3 Å². The molecular formula is C20H23F6N5O. The number of hydrogen-bond donors (Lipinski definition) is 1. The third kappa shape index (κ3) is 3.60. The standard InChI is InChI=1S/C20H23F6N5O/c21-18(22)5-3-12(4-6-18)31-16-14(7-27-31)17(32)29-15(28-16)13-2-1-11(13)8-30-9-19(23,24)20(25,26)10-30/h7,11-13H,1-6,8-10H2,(H,28,29,32). The summed E-state index contributed by atoms with van der Waals surface area (Å²) in [4.78, 5) is 20.9. The highest BCUT2D eigenvalue weighted by Gasteiger charge is 2.63. The van der Waals surface area contributed by atoms with Gasteiger partial charge in [-0.25, -0.2) is 18.4 Å². The average molecular weight is 463 g/mol. The second kappa shape index (κ2) is 7.19. The van der Waals surface area contributed by atoms with Gasteiger partial charge in [0.05, 0.1) is 25.3 Å². The minimum Gasteiger partial charge on any atom is -0.310 e. The summed E-state index contributed by atoms with van der Waals surface area (Å²) >= 11 is 0. The smallest absolute Gasteiger partial charge is 0.310 e. The molecular weight excluding hydrogens is 440 g/mol. The Hall–Kier alpha value is -2.11. The van der Waals surface area contributed by atoms with Crippen molar-refractivity contribution < 1.29 is 26.3 Å². The molecule has 0 bridgehead atoms. The van der Waals surface area contributed by atoms with E-state index in [1.54, 1.807) is 0 Å². The highest BCUT2D eigenvalue weighted by molar-refractivity contribution is 5.73. The van der Waals surface area contributed by atoms with Crippen molar-refractivity contribution >= 4 is 11.0 Å². The fourth-order valence-corrected chi connectivity index (χ4v) is 5.12. The lowest BCUT2D eigenvalue weighted by molar-refractivity contribution is -0.172. The zero-order chi connectivity index (χ0) is 22.9. The molecule has 3 aliphatic rings. The first-order chi connectivity index (χ1) is 15.0. The van der Waals surface area contributed by atoms with E-state index in [4.69, 9.17) is 0 Å². The molecule has 2 aliphatic carbocycles. The summed E-state index contributed by atoms with van der Waals surface area (Å²) in [6.45, 7) is -1.93. The quantitative estimate of drug-likeness (QED) is 0.698. The number of halogens is 6. The molecule has 1 aliphatic heterocycles. The van der Waals surface area contributed by atoms with E-state index in [1.165, 1.54) is 10.9 Å². The van der Waals surface area contributed by atoms with Gasteiger partial charge in [0, 0.05) is 25.3 Å². The molecule has 2 atom stereocenters. The maximum absolute atomic E-state index is 13.5. The Morgan fingerprint density at radius 3 is 2.25 bits per heavy atom. The van der Waals surface area contributed by atoms with Crippen molar-refractivity contribution in [3.8, 4) is 0 Å². The van der Waals surface area contributed by atoms with Gasteiger partial charge in [0.1, 0.15) is 11.2 Å². The van der Waals surface area contributed by atoms with Gasteiger partial charge in [-0.3, -0.25) is 9.69 Å². The third-order valence-electron chi connectivity index (χ3n) is 7.16. The largest absolute Gasteiger partial charge is 0.323 e. The predicted molar refractivity (Wildman–Crippen MR) is 102 cm³/mol. The molecule has 2 aromatic rings. The number of nitrogens with one attached hydrogen (secondary N) is 1. The first-order valence-corrected chi connectivity index (χ1v) is 10.8. The molecule has 12 heteroatoms. The normalized spacial score (nSPS) is 29.9. The van der Waals surface area contributed by atoms with E-state index in [0.29, 0.717) is 24.3 Å². The third-order valence-corrected chi connectivity index (χ3v) is 7.16. The lowest BCUT2D eigenvalue weighted by Gasteiger charge is -2.38. The Kier molecular flexibility index (Phi) is 4.88. The summed E-state index contributed by atoms with van der Waals surface area (Å²) in [7, 11) is 0. The average Bonchev–Trinajstić information content (AvgIpc) is 3.17. The summed E-state index contributed by atoms with van der Waals surface area (Å²) in [6, 6.07) is -0.291. The lowest BCUT2D eigenvalue weighted by Crippen LogP contribution is -2.38. The summed E-state index contributed by atoms with van der Waals surface area (Å²) in [5, 5.41) is 4.47.